The van der Waals surface area contributed by atoms with E-state index in [4.69, 9.17) is 4.74 Å². The van der Waals surface area contributed by atoms with Gasteiger partial charge in [0.25, 0.3) is 5.56 Å². The monoisotopic (exact) mass is 462 g/mol. The molecule has 7 nitrogen and oxygen atoms in total. The number of carbonyl (C=O) groups excluding carboxylic acids is 1. The Balaban J connectivity index is 1.97. The van der Waals surface area contributed by atoms with Crippen LogP contribution in [0.5, 0.6) is 0 Å². The number of nitrogens with zero attached hydrogens (tertiary/aromatic N) is 3. The molecule has 0 spiro atoms. The molecule has 0 saturated carbocycles. The van der Waals surface area contributed by atoms with E-state index in [1.807, 2.05) is 0 Å². The quantitative estimate of drug-likeness (QED) is 0.562. The first-order valence-corrected chi connectivity index (χ1v) is 10.2. The molecule has 2 aromatic heterocycles. The predicted octanol–water partition coefficient (Wildman–Crippen LogP) is 4.78. The van der Waals surface area contributed by atoms with Gasteiger partial charge in [0, 0.05) is 18.3 Å². The summed E-state index contributed by atoms with van der Waals surface area (Å²) in [5, 5.41) is 2.97. The van der Waals surface area contributed by atoms with E-state index in [-0.39, 0.29) is 22.4 Å². The van der Waals surface area contributed by atoms with Crippen LogP contribution in [0.3, 0.4) is 0 Å². The lowest BCUT2D eigenvalue weighted by molar-refractivity contribution is -0.141. The van der Waals surface area contributed by atoms with Gasteiger partial charge in [-0.2, -0.15) is 13.2 Å². The van der Waals surface area contributed by atoms with Crippen molar-refractivity contribution in [3.05, 3.63) is 63.3 Å². The number of halogens is 3. The van der Waals surface area contributed by atoms with Crippen LogP contribution in [0.15, 0.2) is 35.1 Å². The van der Waals surface area contributed by atoms with Gasteiger partial charge in [0.15, 0.2) is 11.3 Å². The Bertz CT molecular complexity index is 1260. The van der Waals surface area contributed by atoms with Crippen molar-refractivity contribution in [3.8, 4) is 0 Å². The maximum atomic E-state index is 13.8. The Kier molecular flexibility index (Phi) is 6.23. The lowest BCUT2D eigenvalue weighted by Gasteiger charge is -2.21. The maximum Gasteiger partial charge on any atom is 0.433 e. The fraction of sp³-hybridized carbons (Fsp3) is 0.391. The Morgan fingerprint density at radius 2 is 1.73 bits per heavy atom. The number of hydrogen-bond acceptors (Lipinski definition) is 6. The first-order chi connectivity index (χ1) is 15.2. The third-order valence-electron chi connectivity index (χ3n) is 4.96. The van der Waals surface area contributed by atoms with Crippen molar-refractivity contribution < 1.29 is 22.7 Å². The molecule has 0 bridgehead atoms. The number of ether oxygens (including phenoxy) is 1. The van der Waals surface area contributed by atoms with E-state index in [2.05, 4.69) is 15.3 Å². The fourth-order valence-corrected chi connectivity index (χ4v) is 3.24. The highest BCUT2D eigenvalue weighted by Gasteiger charge is 2.37. The van der Waals surface area contributed by atoms with Gasteiger partial charge in [-0.1, -0.05) is 0 Å². The molecule has 10 heteroatoms. The number of anilines is 1. The van der Waals surface area contributed by atoms with Crippen molar-refractivity contribution in [1.82, 2.24) is 14.5 Å². The fourth-order valence-electron chi connectivity index (χ4n) is 3.24. The Morgan fingerprint density at radius 3 is 2.27 bits per heavy atom. The minimum Gasteiger partial charge on any atom is -0.456 e. The number of rotatable bonds is 4. The Morgan fingerprint density at radius 1 is 1.12 bits per heavy atom. The van der Waals surface area contributed by atoms with Crippen LogP contribution in [0.4, 0.5) is 18.9 Å². The minimum atomic E-state index is -4.74. The van der Waals surface area contributed by atoms with Gasteiger partial charge in [-0.05, 0) is 65.0 Å². The SMILES string of the molecule is Cc1nc2nc(C(F)(F)F)c(C(C)Nc3ccc(C(=O)OC(C)(C)C)cc3)cc2c(=O)n1C. The summed E-state index contributed by atoms with van der Waals surface area (Å²) in [6.07, 6.45) is -4.74. The number of hydrogen-bond donors (Lipinski definition) is 1. The van der Waals surface area contributed by atoms with E-state index >= 15 is 0 Å². The molecule has 0 aliphatic rings. The predicted molar refractivity (Wildman–Crippen MR) is 118 cm³/mol. The summed E-state index contributed by atoms with van der Waals surface area (Å²) in [6.45, 7) is 8.31. The van der Waals surface area contributed by atoms with Gasteiger partial charge in [0.05, 0.1) is 17.0 Å². The van der Waals surface area contributed by atoms with Crippen LogP contribution in [0, 0.1) is 6.92 Å². The summed E-state index contributed by atoms with van der Waals surface area (Å²) in [5.41, 5.74) is -1.87. The normalized spacial score (nSPS) is 13.1. The molecule has 0 fully saturated rings. The molecule has 0 saturated heterocycles. The molecule has 1 aromatic carbocycles. The highest BCUT2D eigenvalue weighted by molar-refractivity contribution is 5.90. The second-order valence-electron chi connectivity index (χ2n) is 8.76. The number of alkyl halides is 3. The largest absolute Gasteiger partial charge is 0.456 e. The van der Waals surface area contributed by atoms with Gasteiger partial charge < -0.3 is 10.1 Å². The van der Waals surface area contributed by atoms with E-state index in [1.165, 1.54) is 43.7 Å². The average molecular weight is 462 g/mol. The van der Waals surface area contributed by atoms with Crippen LogP contribution in [-0.2, 0) is 18.0 Å². The molecular weight excluding hydrogens is 437 g/mol. The van der Waals surface area contributed by atoms with Crippen molar-refractivity contribution >= 4 is 22.7 Å². The molecule has 0 amide bonds. The number of benzene rings is 1. The highest BCUT2D eigenvalue weighted by Crippen LogP contribution is 2.35. The second kappa shape index (κ2) is 8.49. The van der Waals surface area contributed by atoms with Crippen molar-refractivity contribution in [1.29, 1.82) is 0 Å². The van der Waals surface area contributed by atoms with E-state index in [0.29, 0.717) is 11.3 Å². The van der Waals surface area contributed by atoms with Gasteiger partial charge in [-0.25, -0.2) is 14.8 Å². The van der Waals surface area contributed by atoms with Gasteiger partial charge in [-0.3, -0.25) is 9.36 Å². The van der Waals surface area contributed by atoms with E-state index < -0.39 is 35.0 Å². The first kappa shape index (κ1) is 24.2. The van der Waals surface area contributed by atoms with Crippen LogP contribution < -0.4 is 10.9 Å². The van der Waals surface area contributed by atoms with Crippen molar-refractivity contribution in [2.75, 3.05) is 5.32 Å². The topological polar surface area (TPSA) is 86.1 Å². The molecule has 1 unspecified atom stereocenters. The molecule has 0 aliphatic heterocycles. The molecule has 3 rings (SSSR count). The van der Waals surface area contributed by atoms with Crippen LogP contribution in [0.1, 0.15) is 61.2 Å². The van der Waals surface area contributed by atoms with Crippen LogP contribution in [0.25, 0.3) is 11.0 Å². The minimum absolute atomic E-state index is 0.0000219. The molecule has 0 radical (unpaired) electrons. The number of aryl methyl sites for hydroxylation is 1. The lowest BCUT2D eigenvalue weighted by atomic mass is 10.0. The van der Waals surface area contributed by atoms with Crippen LogP contribution >= 0.6 is 0 Å². The number of carbonyl (C=O) groups is 1. The molecule has 33 heavy (non-hydrogen) atoms. The Labute approximate surface area is 188 Å². The smallest absolute Gasteiger partial charge is 0.433 e. The molecular formula is C23H25F3N4O3. The third kappa shape index (κ3) is 5.32. The van der Waals surface area contributed by atoms with Gasteiger partial charge >= 0.3 is 12.1 Å². The zero-order chi connectivity index (χ0) is 24.7. The summed E-state index contributed by atoms with van der Waals surface area (Å²) >= 11 is 0. The third-order valence-corrected chi connectivity index (χ3v) is 4.96. The number of nitrogens with one attached hydrogen (secondary N) is 1. The number of esters is 1. The molecule has 176 valence electrons. The maximum absolute atomic E-state index is 13.8. The van der Waals surface area contributed by atoms with Crippen molar-refractivity contribution in [3.63, 3.8) is 0 Å². The van der Waals surface area contributed by atoms with E-state index in [9.17, 15) is 22.8 Å². The van der Waals surface area contributed by atoms with E-state index in [1.54, 1.807) is 32.9 Å². The summed E-state index contributed by atoms with van der Waals surface area (Å²) < 4.78 is 47.9. The Hall–Kier alpha value is -3.43. The molecule has 2 heterocycles. The van der Waals surface area contributed by atoms with Gasteiger partial charge in [-0.15, -0.1) is 0 Å². The van der Waals surface area contributed by atoms with Crippen LogP contribution in [0.2, 0.25) is 0 Å². The van der Waals surface area contributed by atoms with Gasteiger partial charge in [0.1, 0.15) is 11.4 Å². The van der Waals surface area contributed by atoms with Gasteiger partial charge in [0.2, 0.25) is 0 Å². The van der Waals surface area contributed by atoms with Crippen molar-refractivity contribution in [2.24, 2.45) is 7.05 Å². The number of aromatic nitrogens is 3. The molecule has 3 aromatic rings. The second-order valence-corrected chi connectivity index (χ2v) is 8.76. The van der Waals surface area contributed by atoms with Crippen molar-refractivity contribution in [2.45, 2.75) is 52.4 Å². The number of pyridine rings is 1. The molecule has 1 atom stereocenters. The highest BCUT2D eigenvalue weighted by atomic mass is 19.4. The standard InChI is InChI=1S/C23H25F3N4O3/c1-12(27-15-9-7-14(8-10-15)21(32)33-22(3,4)5)16-11-17-19(29-18(16)23(24,25)26)28-13(2)30(6)20(17)31/h7-12,27H,1-6H3. The zero-order valence-corrected chi connectivity index (χ0v) is 19.2. The summed E-state index contributed by atoms with van der Waals surface area (Å²) in [7, 11) is 1.50. The zero-order valence-electron chi connectivity index (χ0n) is 19.2. The first-order valence-electron chi connectivity index (χ1n) is 10.2. The van der Waals surface area contributed by atoms with E-state index in [0.717, 1.165) is 0 Å². The summed E-state index contributed by atoms with van der Waals surface area (Å²) in [6, 6.07) is 6.52. The number of fused-ring (bicyclic) bond motifs is 1. The summed E-state index contributed by atoms with van der Waals surface area (Å²) in [5.74, 6) is -0.240. The summed E-state index contributed by atoms with van der Waals surface area (Å²) in [4.78, 5) is 32.5. The molecule has 1 N–H and O–H groups in total. The van der Waals surface area contributed by atoms with Crippen LogP contribution in [-0.4, -0.2) is 26.1 Å². The molecule has 0 aliphatic carbocycles. The lowest BCUT2D eigenvalue weighted by Crippen LogP contribution is -2.24. The average Bonchev–Trinajstić information content (AvgIpc) is 2.70.